The summed E-state index contributed by atoms with van der Waals surface area (Å²) in [5.74, 6) is 0. The summed E-state index contributed by atoms with van der Waals surface area (Å²) < 4.78 is 0. The fourth-order valence-corrected chi connectivity index (χ4v) is 1.39. The Morgan fingerprint density at radius 2 is 2.17 bits per heavy atom. The molecule has 0 aromatic heterocycles. The van der Waals surface area contributed by atoms with Gasteiger partial charge in [-0.25, -0.2) is 0 Å². The van der Waals surface area contributed by atoms with Crippen LogP contribution in [0.5, 0.6) is 0 Å². The Labute approximate surface area is 45.7 Å². The number of halogens is 1. The van der Waals surface area contributed by atoms with E-state index in [4.69, 9.17) is 11.1 Å². The smallest absolute Gasteiger partial charge is 0.195 e. The average molecular weight is 124 g/mol. The second kappa shape index (κ2) is 3.65. The highest BCUT2D eigenvalue weighted by molar-refractivity contribution is 6.92. The number of rotatable bonds is 2. The lowest BCUT2D eigenvalue weighted by atomic mass is 10.4. The Balaban J connectivity index is 2.63. The monoisotopic (exact) mass is 123 g/mol. The van der Waals surface area contributed by atoms with Gasteiger partial charge in [-0.3, -0.25) is 0 Å². The molecule has 0 aromatic rings. The number of hydrogen-bond donors (Lipinski definition) is 1. The molecule has 0 heterocycles. The average Bonchev–Trinajstić information content (AvgIpc) is 1.35. The van der Waals surface area contributed by atoms with Crippen molar-refractivity contribution in [2.24, 2.45) is 0 Å². The number of nitrogens with one attached hydrogen (secondary N) is 1. The molecular formula is C3H10ClNSi. The van der Waals surface area contributed by atoms with Gasteiger partial charge in [-0.1, -0.05) is 13.8 Å². The first kappa shape index (κ1) is 6.47. The predicted octanol–water partition coefficient (Wildman–Crippen LogP) is 0.222. The maximum atomic E-state index is 5.42. The van der Waals surface area contributed by atoms with Crippen LogP contribution in [0.4, 0.5) is 0 Å². The Hall–Kier alpha value is 0.467. The van der Waals surface area contributed by atoms with Crippen LogP contribution in [-0.2, 0) is 0 Å². The summed E-state index contributed by atoms with van der Waals surface area (Å²) in [5.41, 5.74) is 0. The maximum Gasteiger partial charge on any atom is 0.195 e. The Morgan fingerprint density at radius 3 is 2.17 bits per heavy atom. The van der Waals surface area contributed by atoms with E-state index in [1.54, 1.807) is 0 Å². The zero-order chi connectivity index (χ0) is 4.99. The molecule has 0 aliphatic rings. The van der Waals surface area contributed by atoms with E-state index in [2.05, 4.69) is 18.8 Å². The molecule has 0 saturated heterocycles. The van der Waals surface area contributed by atoms with Gasteiger partial charge in [0, 0.05) is 0 Å². The standard InChI is InChI=1S/C3H10ClNSi/c1-3(2)5-6-4/h3,5H,6H2,1-2H3. The molecule has 0 spiro atoms. The normalized spacial score (nSPS) is 12.0. The zero-order valence-corrected chi connectivity index (χ0v) is 6.33. The van der Waals surface area contributed by atoms with Crippen LogP contribution in [0.15, 0.2) is 0 Å². The third-order valence-corrected chi connectivity index (χ3v) is 1.92. The van der Waals surface area contributed by atoms with Gasteiger partial charge in [0.2, 0.25) is 0 Å². The minimum atomic E-state index is -0.411. The minimum absolute atomic E-state index is 0.411. The lowest BCUT2D eigenvalue weighted by Crippen LogP contribution is -2.22. The van der Waals surface area contributed by atoms with Gasteiger partial charge in [0.05, 0.1) is 0 Å². The molecule has 0 aromatic carbocycles. The summed E-state index contributed by atoms with van der Waals surface area (Å²) in [6.07, 6.45) is 0. The van der Waals surface area contributed by atoms with Crippen molar-refractivity contribution in [3.8, 4) is 0 Å². The molecule has 0 bridgehead atoms. The zero-order valence-electron chi connectivity index (χ0n) is 4.16. The summed E-state index contributed by atoms with van der Waals surface area (Å²) in [6.45, 7) is 4.19. The molecule has 0 radical (unpaired) electrons. The van der Waals surface area contributed by atoms with Crippen molar-refractivity contribution in [3.63, 3.8) is 0 Å². The molecule has 0 saturated carbocycles. The van der Waals surface area contributed by atoms with Crippen LogP contribution >= 0.6 is 11.1 Å². The topological polar surface area (TPSA) is 12.0 Å². The van der Waals surface area contributed by atoms with Crippen LogP contribution in [0.3, 0.4) is 0 Å². The van der Waals surface area contributed by atoms with E-state index in [1.165, 1.54) is 0 Å². The van der Waals surface area contributed by atoms with Crippen molar-refractivity contribution in [2.45, 2.75) is 19.9 Å². The molecule has 0 rings (SSSR count). The molecule has 1 N–H and O–H groups in total. The van der Waals surface area contributed by atoms with Gasteiger partial charge in [0.15, 0.2) is 8.99 Å². The van der Waals surface area contributed by atoms with Crippen LogP contribution in [0, 0.1) is 0 Å². The summed E-state index contributed by atoms with van der Waals surface area (Å²) >= 11 is 5.42. The van der Waals surface area contributed by atoms with Gasteiger partial charge in [0.1, 0.15) is 0 Å². The van der Waals surface area contributed by atoms with E-state index in [1.807, 2.05) is 0 Å². The molecule has 0 aliphatic heterocycles. The Bertz CT molecular complexity index is 32.0. The van der Waals surface area contributed by atoms with E-state index in [0.29, 0.717) is 6.04 Å². The SMILES string of the molecule is CC(C)N[SiH2]Cl. The quantitative estimate of drug-likeness (QED) is 0.409. The second-order valence-electron chi connectivity index (χ2n) is 1.49. The van der Waals surface area contributed by atoms with Gasteiger partial charge >= 0.3 is 0 Å². The van der Waals surface area contributed by atoms with Crippen LogP contribution in [0.2, 0.25) is 0 Å². The first-order chi connectivity index (χ1) is 2.77. The van der Waals surface area contributed by atoms with Gasteiger partial charge in [-0.2, -0.15) is 11.1 Å². The van der Waals surface area contributed by atoms with Gasteiger partial charge in [-0.15, -0.1) is 0 Å². The first-order valence-corrected chi connectivity index (χ1v) is 4.91. The summed E-state index contributed by atoms with van der Waals surface area (Å²) in [6, 6.07) is 0.578. The van der Waals surface area contributed by atoms with Crippen LogP contribution < -0.4 is 4.98 Å². The van der Waals surface area contributed by atoms with Crippen molar-refractivity contribution in [2.75, 3.05) is 0 Å². The largest absolute Gasteiger partial charge is 0.328 e. The van der Waals surface area contributed by atoms with E-state index in [0.717, 1.165) is 0 Å². The molecule has 6 heavy (non-hydrogen) atoms. The molecule has 0 amide bonds. The lowest BCUT2D eigenvalue weighted by Gasteiger charge is -1.99. The van der Waals surface area contributed by atoms with Crippen molar-refractivity contribution in [3.05, 3.63) is 0 Å². The fourth-order valence-electron chi connectivity index (χ4n) is 0.154. The third kappa shape index (κ3) is 4.47. The fraction of sp³-hybridized carbons (Fsp3) is 1.00. The van der Waals surface area contributed by atoms with Crippen LogP contribution in [0.1, 0.15) is 13.8 Å². The van der Waals surface area contributed by atoms with Crippen molar-refractivity contribution in [1.82, 2.24) is 4.98 Å². The Morgan fingerprint density at radius 1 is 1.67 bits per heavy atom. The van der Waals surface area contributed by atoms with Gasteiger partial charge in [0.25, 0.3) is 0 Å². The third-order valence-electron chi connectivity index (χ3n) is 0.485. The Kier molecular flexibility index (Phi) is 3.93. The van der Waals surface area contributed by atoms with Crippen molar-refractivity contribution >= 4 is 20.1 Å². The van der Waals surface area contributed by atoms with Crippen LogP contribution in [-0.4, -0.2) is 15.0 Å². The predicted molar refractivity (Wildman–Crippen MR) is 32.7 cm³/mol. The van der Waals surface area contributed by atoms with E-state index >= 15 is 0 Å². The van der Waals surface area contributed by atoms with Crippen molar-refractivity contribution in [1.29, 1.82) is 0 Å². The van der Waals surface area contributed by atoms with E-state index in [9.17, 15) is 0 Å². The summed E-state index contributed by atoms with van der Waals surface area (Å²) in [7, 11) is -0.411. The lowest BCUT2D eigenvalue weighted by molar-refractivity contribution is 0.758. The molecule has 0 atom stereocenters. The molecule has 3 heteroatoms. The maximum absolute atomic E-state index is 5.42. The van der Waals surface area contributed by atoms with E-state index < -0.39 is 8.99 Å². The van der Waals surface area contributed by atoms with Crippen molar-refractivity contribution < 1.29 is 0 Å². The minimum Gasteiger partial charge on any atom is -0.328 e. The van der Waals surface area contributed by atoms with Crippen LogP contribution in [0.25, 0.3) is 0 Å². The molecule has 0 unspecified atom stereocenters. The highest BCUT2D eigenvalue weighted by atomic mass is 35.6. The molecule has 38 valence electrons. The van der Waals surface area contributed by atoms with Gasteiger partial charge in [-0.05, 0) is 6.04 Å². The molecular weight excluding hydrogens is 114 g/mol. The summed E-state index contributed by atoms with van der Waals surface area (Å²) in [4.78, 5) is 3.11. The molecule has 0 aliphatic carbocycles. The van der Waals surface area contributed by atoms with Gasteiger partial charge < -0.3 is 4.98 Å². The second-order valence-corrected chi connectivity index (χ2v) is 2.97. The summed E-state index contributed by atoms with van der Waals surface area (Å²) in [5, 5.41) is 0. The first-order valence-electron chi connectivity index (χ1n) is 2.06. The number of hydrogen-bond acceptors (Lipinski definition) is 1. The molecule has 1 nitrogen and oxygen atoms in total. The highest BCUT2D eigenvalue weighted by Gasteiger charge is 1.84. The molecule has 0 fully saturated rings. The highest BCUT2D eigenvalue weighted by Crippen LogP contribution is 1.72. The van der Waals surface area contributed by atoms with E-state index in [-0.39, 0.29) is 0 Å².